The Hall–Kier alpha value is -2.24. The molecule has 0 fully saturated rings. The minimum Gasteiger partial charge on any atom is -0.493 e. The summed E-state index contributed by atoms with van der Waals surface area (Å²) in [6, 6.07) is 5.32. The molecule has 1 aromatic rings. The van der Waals surface area contributed by atoms with Crippen LogP contribution in [0.15, 0.2) is 23.4 Å². The van der Waals surface area contributed by atoms with Gasteiger partial charge < -0.3 is 19.4 Å². The summed E-state index contributed by atoms with van der Waals surface area (Å²) >= 11 is 0. The van der Waals surface area contributed by atoms with Crippen LogP contribution in [0.3, 0.4) is 0 Å². The lowest BCUT2D eigenvalue weighted by atomic mass is 10.2. The van der Waals surface area contributed by atoms with Gasteiger partial charge in [-0.25, -0.2) is 4.79 Å². The van der Waals surface area contributed by atoms with Gasteiger partial charge in [0.15, 0.2) is 11.5 Å². The summed E-state index contributed by atoms with van der Waals surface area (Å²) in [5.41, 5.74) is 0.651. The highest BCUT2D eigenvalue weighted by molar-refractivity contribution is 5.84. The lowest BCUT2D eigenvalue weighted by Gasteiger charge is -2.15. The second-order valence-corrected chi connectivity index (χ2v) is 3.95. The molecule has 1 N–H and O–H groups in total. The lowest BCUT2D eigenvalue weighted by molar-refractivity contribution is -0.142. The molecule has 0 amide bonds. The van der Waals surface area contributed by atoms with Crippen LogP contribution in [0.25, 0.3) is 0 Å². The number of carboxylic acid groups (broad SMARTS) is 1. The smallest absolute Gasteiger partial charge is 0.344 e. The van der Waals surface area contributed by atoms with Crippen LogP contribution in [0.5, 0.6) is 11.5 Å². The zero-order valence-corrected chi connectivity index (χ0v) is 11.1. The highest BCUT2D eigenvalue weighted by Crippen LogP contribution is 2.30. The molecule has 0 radical (unpaired) electrons. The summed E-state index contributed by atoms with van der Waals surface area (Å²) in [7, 11) is 1.55. The van der Waals surface area contributed by atoms with Gasteiger partial charge in [0, 0.05) is 5.56 Å². The number of carbonyl (C=O) groups is 1. The van der Waals surface area contributed by atoms with Crippen molar-refractivity contribution in [1.29, 1.82) is 0 Å². The maximum absolute atomic E-state index is 10.3. The van der Waals surface area contributed by atoms with Crippen LogP contribution in [0.2, 0.25) is 0 Å². The van der Waals surface area contributed by atoms with Crippen LogP contribution in [0.4, 0.5) is 0 Å². The molecule has 0 saturated heterocycles. The van der Waals surface area contributed by atoms with Crippen molar-refractivity contribution in [3.63, 3.8) is 0 Å². The van der Waals surface area contributed by atoms with Crippen molar-refractivity contribution in [2.24, 2.45) is 5.16 Å². The Morgan fingerprint density at radius 3 is 2.79 bits per heavy atom. The summed E-state index contributed by atoms with van der Waals surface area (Å²) < 4.78 is 10.9. The number of rotatable bonds is 7. The van der Waals surface area contributed by atoms with Gasteiger partial charge in [-0.2, -0.15) is 0 Å². The summed E-state index contributed by atoms with van der Waals surface area (Å²) in [5.74, 6) is 0.0417. The van der Waals surface area contributed by atoms with Gasteiger partial charge in [-0.05, 0) is 26.0 Å². The molecule has 6 nitrogen and oxygen atoms in total. The zero-order chi connectivity index (χ0) is 14.3. The first-order valence-corrected chi connectivity index (χ1v) is 5.75. The van der Waals surface area contributed by atoms with Gasteiger partial charge in [0.2, 0.25) is 6.61 Å². The first-order valence-electron chi connectivity index (χ1n) is 5.75. The molecule has 0 aliphatic carbocycles. The predicted octanol–water partition coefficient (Wildman–Crippen LogP) is 1.92. The minimum absolute atomic E-state index is 0.0246. The van der Waals surface area contributed by atoms with Crippen LogP contribution >= 0.6 is 0 Å². The van der Waals surface area contributed by atoms with Gasteiger partial charge >= 0.3 is 5.97 Å². The molecule has 0 aromatic heterocycles. The Bertz CT molecular complexity index is 456. The molecule has 0 saturated carbocycles. The van der Waals surface area contributed by atoms with Crippen molar-refractivity contribution in [2.75, 3.05) is 13.7 Å². The standard InChI is InChI=1S/C13H17NO5/c1-9(2)19-13-10(5-4-6-11(13)17-3)7-14-18-8-12(15)16/h4-7,9H,8H2,1-3H3,(H,15,16). The highest BCUT2D eigenvalue weighted by Gasteiger charge is 2.10. The van der Waals surface area contributed by atoms with Gasteiger partial charge in [-0.1, -0.05) is 11.2 Å². The van der Waals surface area contributed by atoms with E-state index in [0.29, 0.717) is 17.1 Å². The normalized spacial score (nSPS) is 10.7. The first-order chi connectivity index (χ1) is 9.04. The molecule has 104 valence electrons. The zero-order valence-electron chi connectivity index (χ0n) is 11.1. The van der Waals surface area contributed by atoms with E-state index in [1.54, 1.807) is 25.3 Å². The van der Waals surface area contributed by atoms with Crippen LogP contribution < -0.4 is 9.47 Å². The fraction of sp³-hybridized carbons (Fsp3) is 0.385. The van der Waals surface area contributed by atoms with Gasteiger partial charge in [0.05, 0.1) is 19.4 Å². The Morgan fingerprint density at radius 1 is 1.47 bits per heavy atom. The third kappa shape index (κ3) is 4.87. The molecule has 1 rings (SSSR count). The van der Waals surface area contributed by atoms with E-state index in [1.165, 1.54) is 6.21 Å². The van der Waals surface area contributed by atoms with E-state index in [-0.39, 0.29) is 6.10 Å². The van der Waals surface area contributed by atoms with Crippen molar-refractivity contribution in [3.05, 3.63) is 23.8 Å². The summed E-state index contributed by atoms with van der Waals surface area (Å²) in [6.07, 6.45) is 1.37. The topological polar surface area (TPSA) is 77.4 Å². The third-order valence-electron chi connectivity index (χ3n) is 2.04. The van der Waals surface area contributed by atoms with Crippen molar-refractivity contribution < 1.29 is 24.2 Å². The largest absolute Gasteiger partial charge is 0.493 e. The molecule has 0 aliphatic rings. The average Bonchev–Trinajstić information content (AvgIpc) is 2.35. The number of ether oxygens (including phenoxy) is 2. The van der Waals surface area contributed by atoms with Crippen molar-refractivity contribution in [1.82, 2.24) is 0 Å². The molecule has 19 heavy (non-hydrogen) atoms. The number of hydrogen-bond donors (Lipinski definition) is 1. The van der Waals surface area contributed by atoms with Crippen molar-refractivity contribution >= 4 is 12.2 Å². The number of hydrogen-bond acceptors (Lipinski definition) is 5. The van der Waals surface area contributed by atoms with E-state index in [0.717, 1.165) is 0 Å². The maximum Gasteiger partial charge on any atom is 0.344 e. The van der Waals surface area contributed by atoms with E-state index in [1.807, 2.05) is 13.8 Å². The number of oxime groups is 1. The number of benzene rings is 1. The maximum atomic E-state index is 10.3. The number of aliphatic carboxylic acids is 1. The molecule has 0 atom stereocenters. The van der Waals surface area contributed by atoms with Gasteiger partial charge in [0.1, 0.15) is 0 Å². The van der Waals surface area contributed by atoms with E-state index in [2.05, 4.69) is 9.99 Å². The average molecular weight is 267 g/mol. The summed E-state index contributed by atoms with van der Waals surface area (Å²) in [5, 5.41) is 12.0. The molecular weight excluding hydrogens is 250 g/mol. The summed E-state index contributed by atoms with van der Waals surface area (Å²) in [6.45, 7) is 3.31. The van der Waals surface area contributed by atoms with Crippen LogP contribution in [0, 0.1) is 0 Å². The highest BCUT2D eigenvalue weighted by atomic mass is 16.6. The third-order valence-corrected chi connectivity index (χ3v) is 2.04. The van der Waals surface area contributed by atoms with Crippen LogP contribution in [0.1, 0.15) is 19.4 Å². The predicted molar refractivity (Wildman–Crippen MR) is 69.9 cm³/mol. The number of para-hydroxylation sites is 1. The molecule has 0 aliphatic heterocycles. The molecule has 0 unspecified atom stereocenters. The Balaban J connectivity index is 2.89. The Morgan fingerprint density at radius 2 is 2.21 bits per heavy atom. The van der Waals surface area contributed by atoms with E-state index < -0.39 is 12.6 Å². The monoisotopic (exact) mass is 267 g/mol. The number of carboxylic acids is 1. The molecule has 0 bridgehead atoms. The summed E-state index contributed by atoms with van der Waals surface area (Å²) in [4.78, 5) is 14.9. The van der Waals surface area contributed by atoms with Crippen molar-refractivity contribution in [3.8, 4) is 11.5 Å². The second-order valence-electron chi connectivity index (χ2n) is 3.95. The van der Waals surface area contributed by atoms with E-state index in [9.17, 15) is 4.79 Å². The van der Waals surface area contributed by atoms with Gasteiger partial charge in [0.25, 0.3) is 0 Å². The number of methoxy groups -OCH3 is 1. The fourth-order valence-electron chi connectivity index (χ4n) is 1.34. The Labute approximate surface area is 111 Å². The molecule has 0 spiro atoms. The fourth-order valence-corrected chi connectivity index (χ4v) is 1.34. The number of nitrogens with zero attached hydrogens (tertiary/aromatic N) is 1. The van der Waals surface area contributed by atoms with Crippen LogP contribution in [-0.2, 0) is 9.63 Å². The van der Waals surface area contributed by atoms with Crippen LogP contribution in [-0.4, -0.2) is 37.1 Å². The second kappa shape index (κ2) is 7.25. The Kier molecular flexibility index (Phi) is 5.66. The first kappa shape index (κ1) is 14.8. The molecule has 0 heterocycles. The SMILES string of the molecule is COc1cccc(C=NOCC(=O)O)c1OC(C)C. The van der Waals surface area contributed by atoms with Gasteiger partial charge in [-0.15, -0.1) is 0 Å². The quantitative estimate of drug-likeness (QED) is 0.603. The molecule has 1 aromatic carbocycles. The molecular formula is C13H17NO5. The molecule has 6 heteroatoms. The van der Waals surface area contributed by atoms with E-state index in [4.69, 9.17) is 14.6 Å². The van der Waals surface area contributed by atoms with E-state index >= 15 is 0 Å². The van der Waals surface area contributed by atoms with Gasteiger partial charge in [-0.3, -0.25) is 0 Å². The lowest BCUT2D eigenvalue weighted by Crippen LogP contribution is -2.09. The minimum atomic E-state index is -1.08. The van der Waals surface area contributed by atoms with Crippen molar-refractivity contribution in [2.45, 2.75) is 20.0 Å².